The molecule has 1 aliphatic heterocycles. The molecule has 10 heavy (non-hydrogen) atoms. The highest BCUT2D eigenvalue weighted by Crippen LogP contribution is 2.46. The predicted octanol–water partition coefficient (Wildman–Crippen LogP) is 2.60. The largest absolute Gasteiger partial charge is 0.208 e. The molecule has 0 saturated heterocycles. The van der Waals surface area contributed by atoms with Crippen molar-refractivity contribution < 1.29 is 5.11 Å². The van der Waals surface area contributed by atoms with E-state index in [4.69, 9.17) is 0 Å². The van der Waals surface area contributed by atoms with Crippen molar-refractivity contribution in [2.24, 2.45) is 0 Å². The maximum absolute atomic E-state index is 10.9. The zero-order valence-electron chi connectivity index (χ0n) is 5.11. The van der Waals surface area contributed by atoms with Crippen LogP contribution in [0.25, 0.3) is 0 Å². The summed E-state index contributed by atoms with van der Waals surface area (Å²) in [5.74, 6) is 0. The summed E-state index contributed by atoms with van der Waals surface area (Å²) in [6.07, 6.45) is 0. The molecule has 1 aromatic carbocycles. The lowest BCUT2D eigenvalue weighted by atomic mass is 10.4. The molecule has 2 rings (SSSR count). The van der Waals surface area contributed by atoms with Gasteiger partial charge in [-0.2, -0.15) is 0 Å². The lowest BCUT2D eigenvalue weighted by Gasteiger charge is -1.90. The van der Waals surface area contributed by atoms with Crippen molar-refractivity contribution in [3.8, 4) is 0 Å². The number of hydrogen-bond donors (Lipinski definition) is 0. The third kappa shape index (κ3) is 1.05. The van der Waals surface area contributed by atoms with E-state index in [1.807, 2.05) is 24.3 Å². The van der Waals surface area contributed by atoms with E-state index in [-0.39, 0.29) is 0 Å². The van der Waals surface area contributed by atoms with Crippen molar-refractivity contribution in [2.45, 2.75) is 14.6 Å². The Hall–Kier alpha value is -0.120. The van der Waals surface area contributed by atoms with Crippen LogP contribution in [0.3, 0.4) is 0 Å². The van der Waals surface area contributed by atoms with Crippen LogP contribution in [0.5, 0.6) is 0 Å². The lowest BCUT2D eigenvalue weighted by molar-refractivity contribution is 0.235. The van der Waals surface area contributed by atoms with Gasteiger partial charge in [-0.15, -0.1) is 0 Å². The molecule has 1 heterocycles. The van der Waals surface area contributed by atoms with E-state index in [2.05, 4.69) is 0 Å². The summed E-state index contributed by atoms with van der Waals surface area (Å²) in [7, 11) is 0. The number of thioether (sulfide) groups is 2. The molecule has 1 nitrogen and oxygen atoms in total. The van der Waals surface area contributed by atoms with Crippen LogP contribution in [0.15, 0.2) is 34.1 Å². The van der Waals surface area contributed by atoms with Gasteiger partial charge in [0.05, 0.1) is 0 Å². The number of rotatable bonds is 0. The Morgan fingerprint density at radius 3 is 2.10 bits per heavy atom. The summed E-state index contributed by atoms with van der Waals surface area (Å²) in [5, 5.41) is 10.9. The van der Waals surface area contributed by atoms with Gasteiger partial charge in [0.15, 0.2) is 4.77 Å². The average molecular weight is 169 g/mol. The summed E-state index contributed by atoms with van der Waals surface area (Å²) < 4.78 is -0.544. The van der Waals surface area contributed by atoms with Crippen LogP contribution in [-0.2, 0) is 5.11 Å². The molecule has 51 valence electrons. The monoisotopic (exact) mass is 169 g/mol. The van der Waals surface area contributed by atoms with E-state index in [0.717, 1.165) is 9.79 Å². The molecule has 0 aromatic heterocycles. The molecule has 1 aromatic rings. The van der Waals surface area contributed by atoms with Crippen LogP contribution in [-0.4, -0.2) is 4.77 Å². The van der Waals surface area contributed by atoms with Crippen LogP contribution in [0.4, 0.5) is 0 Å². The summed E-state index contributed by atoms with van der Waals surface area (Å²) in [5.41, 5.74) is 0. The van der Waals surface area contributed by atoms with Gasteiger partial charge >= 0.3 is 0 Å². The maximum atomic E-state index is 10.9. The molecular formula is C7H5OS2. The number of fused-ring (bicyclic) bond motifs is 1. The summed E-state index contributed by atoms with van der Waals surface area (Å²) in [6, 6.07) is 7.91. The maximum Gasteiger partial charge on any atom is 0.193 e. The van der Waals surface area contributed by atoms with Gasteiger partial charge in [-0.1, -0.05) is 35.7 Å². The quantitative estimate of drug-likeness (QED) is 0.595. The fourth-order valence-electron chi connectivity index (χ4n) is 0.876. The minimum atomic E-state index is -0.544. The van der Waals surface area contributed by atoms with Crippen LogP contribution in [0, 0.1) is 0 Å². The normalized spacial score (nSPS) is 17.3. The highest BCUT2D eigenvalue weighted by Gasteiger charge is 2.20. The van der Waals surface area contributed by atoms with E-state index in [1.165, 1.54) is 23.5 Å². The second-order valence-corrected chi connectivity index (χ2v) is 4.48. The predicted molar refractivity (Wildman–Crippen MR) is 42.6 cm³/mol. The van der Waals surface area contributed by atoms with E-state index in [1.54, 1.807) is 0 Å². The van der Waals surface area contributed by atoms with E-state index < -0.39 is 4.77 Å². The van der Waals surface area contributed by atoms with Crippen molar-refractivity contribution in [2.75, 3.05) is 0 Å². The van der Waals surface area contributed by atoms with Crippen LogP contribution in [0.2, 0.25) is 0 Å². The SMILES string of the molecule is [O]C1Sc2ccccc2S1. The number of benzene rings is 1. The van der Waals surface area contributed by atoms with Crippen molar-refractivity contribution in [3.05, 3.63) is 24.3 Å². The molecule has 1 aliphatic rings. The van der Waals surface area contributed by atoms with E-state index in [0.29, 0.717) is 0 Å². The third-order valence-corrected chi connectivity index (χ3v) is 3.61. The molecule has 3 heteroatoms. The smallest absolute Gasteiger partial charge is 0.193 e. The fraction of sp³-hybridized carbons (Fsp3) is 0.143. The highest BCUT2D eigenvalue weighted by molar-refractivity contribution is 8.19. The minimum Gasteiger partial charge on any atom is -0.208 e. The van der Waals surface area contributed by atoms with Gasteiger partial charge in [-0.25, -0.2) is 5.11 Å². The second kappa shape index (κ2) is 2.49. The third-order valence-electron chi connectivity index (χ3n) is 1.30. The zero-order valence-corrected chi connectivity index (χ0v) is 6.74. The molecule has 0 atom stereocenters. The second-order valence-electron chi connectivity index (χ2n) is 1.97. The molecule has 0 aliphatic carbocycles. The molecule has 0 unspecified atom stereocenters. The average Bonchev–Trinajstić information content (AvgIpc) is 2.27. The number of hydrogen-bond acceptors (Lipinski definition) is 2. The molecular weight excluding hydrogens is 164 g/mol. The first-order chi connectivity index (χ1) is 4.86. The topological polar surface area (TPSA) is 19.9 Å². The Bertz CT molecular complexity index is 224. The summed E-state index contributed by atoms with van der Waals surface area (Å²) in [4.78, 5) is 2.26. The van der Waals surface area contributed by atoms with Crippen LogP contribution >= 0.6 is 23.5 Å². The van der Waals surface area contributed by atoms with Gasteiger partial charge in [0, 0.05) is 9.79 Å². The minimum absolute atomic E-state index is 0.544. The Balaban J connectivity index is 2.42. The first kappa shape index (κ1) is 6.58. The van der Waals surface area contributed by atoms with Crippen molar-refractivity contribution in [3.63, 3.8) is 0 Å². The van der Waals surface area contributed by atoms with Crippen molar-refractivity contribution >= 4 is 23.5 Å². The molecule has 0 amide bonds. The molecule has 0 saturated carbocycles. The van der Waals surface area contributed by atoms with Gasteiger partial charge in [0.2, 0.25) is 0 Å². The van der Waals surface area contributed by atoms with Crippen LogP contribution < -0.4 is 0 Å². The fourth-order valence-corrected chi connectivity index (χ4v) is 3.08. The Kier molecular flexibility index (Phi) is 1.64. The standard InChI is InChI=1S/C7H5OS2/c8-7-9-5-3-1-2-4-6(5)10-7/h1-4,7H. The van der Waals surface area contributed by atoms with Crippen molar-refractivity contribution in [1.82, 2.24) is 0 Å². The Morgan fingerprint density at radius 1 is 1.10 bits per heavy atom. The van der Waals surface area contributed by atoms with Crippen LogP contribution in [0.1, 0.15) is 0 Å². The summed E-state index contributed by atoms with van der Waals surface area (Å²) in [6.45, 7) is 0. The molecule has 0 bridgehead atoms. The van der Waals surface area contributed by atoms with Gasteiger partial charge in [-0.05, 0) is 12.1 Å². The summed E-state index contributed by atoms with van der Waals surface area (Å²) >= 11 is 2.80. The molecule has 1 radical (unpaired) electrons. The first-order valence-electron chi connectivity index (χ1n) is 2.94. The van der Waals surface area contributed by atoms with Gasteiger partial charge in [0.25, 0.3) is 0 Å². The Morgan fingerprint density at radius 2 is 1.60 bits per heavy atom. The molecule has 0 fully saturated rings. The Labute approximate surface area is 67.8 Å². The molecule has 0 N–H and O–H groups in total. The zero-order chi connectivity index (χ0) is 6.97. The van der Waals surface area contributed by atoms with Crippen molar-refractivity contribution in [1.29, 1.82) is 0 Å². The van der Waals surface area contributed by atoms with Gasteiger partial charge in [0.1, 0.15) is 0 Å². The van der Waals surface area contributed by atoms with Gasteiger partial charge < -0.3 is 0 Å². The lowest BCUT2D eigenvalue weighted by Crippen LogP contribution is -1.79. The van der Waals surface area contributed by atoms with E-state index in [9.17, 15) is 5.11 Å². The molecule has 0 spiro atoms. The highest BCUT2D eigenvalue weighted by atomic mass is 32.2. The van der Waals surface area contributed by atoms with E-state index >= 15 is 0 Å². The van der Waals surface area contributed by atoms with Gasteiger partial charge in [-0.3, -0.25) is 0 Å². The first-order valence-corrected chi connectivity index (χ1v) is 4.70.